The fourth-order valence-corrected chi connectivity index (χ4v) is 18.8. The number of hydrogen-bond acceptors (Lipinski definition) is 2. The molecule has 9 aromatic rings. The summed E-state index contributed by atoms with van der Waals surface area (Å²) in [6, 6.07) is 75.2. The quantitative estimate of drug-likeness (QED) is 0.142. The van der Waals surface area contributed by atoms with Gasteiger partial charge in [-0.1, -0.05) is 176 Å². The zero-order valence-corrected chi connectivity index (χ0v) is 33.9. The first-order chi connectivity index (χ1) is 29.7. The van der Waals surface area contributed by atoms with Crippen LogP contribution in [0.15, 0.2) is 194 Å². The molecule has 5 aliphatic heterocycles. The summed E-state index contributed by atoms with van der Waals surface area (Å²) in [6.45, 7) is 2.26. The molecule has 5 heterocycles. The van der Waals surface area contributed by atoms with Gasteiger partial charge in [-0.2, -0.15) is 0 Å². The molecule has 0 saturated heterocycles. The molecule has 0 amide bonds. The number of benzene rings is 9. The van der Waals surface area contributed by atoms with E-state index in [1.165, 1.54) is 121 Å². The molecule has 0 fully saturated rings. The average molecular weight is 775 g/mol. The number of para-hydroxylation sites is 4. The summed E-state index contributed by atoms with van der Waals surface area (Å²) >= 11 is 0. The smallest absolute Gasteiger partial charge is 0.333 e. The predicted octanol–water partition coefficient (Wildman–Crippen LogP) is 9.05. The minimum absolute atomic E-state index is 0.0379. The lowest BCUT2D eigenvalue weighted by Gasteiger charge is -2.54. The van der Waals surface area contributed by atoms with Crippen LogP contribution in [-0.2, 0) is 5.41 Å². The van der Waals surface area contributed by atoms with Crippen molar-refractivity contribution in [2.75, 3.05) is 9.71 Å². The van der Waals surface area contributed by atoms with E-state index in [1.807, 2.05) is 0 Å². The molecule has 0 radical (unpaired) electrons. The molecule has 0 N–H and O–H groups in total. The van der Waals surface area contributed by atoms with Crippen molar-refractivity contribution in [3.8, 4) is 33.4 Å². The molecule has 4 heteroatoms. The number of hydrogen-bond donors (Lipinski definition) is 0. The van der Waals surface area contributed by atoms with Crippen molar-refractivity contribution in [2.24, 2.45) is 0 Å². The first-order valence-electron chi connectivity index (χ1n) is 21.3. The molecular weight excluding hydrogens is 740 g/mol. The Morgan fingerprint density at radius 1 is 0.400 bits per heavy atom. The molecule has 0 unspecified atom stereocenters. The van der Waals surface area contributed by atoms with E-state index in [2.05, 4.69) is 211 Å². The third kappa shape index (κ3) is 3.33. The third-order valence-electron chi connectivity index (χ3n) is 15.1. The lowest BCUT2D eigenvalue weighted by Crippen LogP contribution is -2.78. The van der Waals surface area contributed by atoms with Crippen LogP contribution < -0.4 is 41.4 Å². The van der Waals surface area contributed by atoms with Gasteiger partial charge in [0.15, 0.2) is 8.07 Å². The molecule has 9 aromatic carbocycles. The van der Waals surface area contributed by atoms with Gasteiger partial charge in [0.1, 0.15) is 0 Å². The summed E-state index contributed by atoms with van der Waals surface area (Å²) in [7, 11) is -2.75. The van der Waals surface area contributed by atoms with Crippen LogP contribution >= 0.6 is 0 Å². The Kier molecular flexibility index (Phi) is 5.68. The van der Waals surface area contributed by atoms with Gasteiger partial charge in [-0.05, 0) is 112 Å². The molecule has 0 atom stereocenters. The zero-order chi connectivity index (χ0) is 39.1. The number of fused-ring (bicyclic) bond motifs is 22. The summed E-state index contributed by atoms with van der Waals surface area (Å²) in [5, 5.41) is 5.99. The fourth-order valence-electron chi connectivity index (χ4n) is 13.2. The second-order valence-corrected chi connectivity index (χ2v) is 21.2. The standard InChI is InChI=1S/C56H35BN2Si/c1-34-32-40-39-20-14-31-52-54(39)59(47-27-10-13-30-51(47)60(52)49-28-11-4-18-37(49)38-19-5-12-29-50(38)60)57-45-25-15-24-44-55(45)58(48(33-34)53(40)57)46-26-9-8-23-43(46)56(44)41-21-6-2-16-35(41)36-17-3-7-22-42(36)56/h2-33H,1H3. The van der Waals surface area contributed by atoms with Crippen LogP contribution in [0.2, 0.25) is 0 Å². The molecule has 0 saturated carbocycles. The fraction of sp³-hybridized carbons (Fsp3) is 0.0357. The number of anilines is 5. The maximum Gasteiger partial charge on any atom is 0.333 e. The van der Waals surface area contributed by atoms with E-state index in [-0.39, 0.29) is 6.85 Å². The number of rotatable bonds is 0. The van der Waals surface area contributed by atoms with Crippen molar-refractivity contribution < 1.29 is 0 Å². The average Bonchev–Trinajstić information content (AvgIpc) is 3.77. The van der Waals surface area contributed by atoms with E-state index in [0.29, 0.717) is 0 Å². The number of aryl methyl sites for hydroxylation is 1. The summed E-state index contributed by atoms with van der Waals surface area (Å²) in [4.78, 5) is 5.45. The minimum atomic E-state index is -2.75. The largest absolute Gasteiger partial charge is 0.376 e. The van der Waals surface area contributed by atoms with Crippen molar-refractivity contribution in [1.82, 2.24) is 0 Å². The molecule has 6 aliphatic rings. The lowest BCUT2D eigenvalue weighted by molar-refractivity contribution is 0.753. The maximum absolute atomic E-state index is 2.79. The molecule has 2 spiro atoms. The van der Waals surface area contributed by atoms with Crippen LogP contribution in [0.25, 0.3) is 33.4 Å². The molecule has 276 valence electrons. The Morgan fingerprint density at radius 2 is 0.933 bits per heavy atom. The Labute approximate surface area is 350 Å². The van der Waals surface area contributed by atoms with Crippen molar-refractivity contribution in [1.29, 1.82) is 0 Å². The Hall–Kier alpha value is -7.14. The highest BCUT2D eigenvalue weighted by atomic mass is 28.3. The minimum Gasteiger partial charge on any atom is -0.376 e. The van der Waals surface area contributed by atoms with Gasteiger partial charge in [-0.25, -0.2) is 0 Å². The van der Waals surface area contributed by atoms with E-state index in [0.717, 1.165) is 0 Å². The Bertz CT molecular complexity index is 3370. The summed E-state index contributed by atoms with van der Waals surface area (Å²) in [6.07, 6.45) is 0. The normalized spacial score (nSPS) is 15.9. The van der Waals surface area contributed by atoms with Crippen molar-refractivity contribution in [2.45, 2.75) is 12.3 Å². The summed E-state index contributed by atoms with van der Waals surface area (Å²) < 4.78 is 0. The van der Waals surface area contributed by atoms with E-state index < -0.39 is 13.5 Å². The van der Waals surface area contributed by atoms with Gasteiger partial charge in [0.2, 0.25) is 0 Å². The molecular formula is C56H35BN2Si. The van der Waals surface area contributed by atoms with Crippen molar-refractivity contribution in [3.63, 3.8) is 0 Å². The van der Waals surface area contributed by atoms with Gasteiger partial charge < -0.3 is 9.71 Å². The monoisotopic (exact) mass is 774 g/mol. The SMILES string of the molecule is Cc1cc2c3c(c1)N1c4ccccc4C4(c5ccccc5-c5ccccc54)c4cccc(c41)B3N1c3ccccc3[Si]3(c4ccccc4-c4ccccc43)c3cccc-2c31. The first kappa shape index (κ1) is 31.8. The Balaban J connectivity index is 1.11. The molecule has 2 nitrogen and oxygen atoms in total. The van der Waals surface area contributed by atoms with Crippen LogP contribution in [-0.4, -0.2) is 14.9 Å². The Morgan fingerprint density at radius 3 is 1.65 bits per heavy atom. The summed E-state index contributed by atoms with van der Waals surface area (Å²) in [5.74, 6) is 0. The molecule has 0 aromatic heterocycles. The van der Waals surface area contributed by atoms with Crippen molar-refractivity contribution in [3.05, 3.63) is 222 Å². The molecule has 15 rings (SSSR count). The van der Waals surface area contributed by atoms with E-state index in [1.54, 1.807) is 0 Å². The predicted molar refractivity (Wildman–Crippen MR) is 252 cm³/mol. The van der Waals surface area contributed by atoms with Gasteiger partial charge in [0.25, 0.3) is 0 Å². The van der Waals surface area contributed by atoms with Gasteiger partial charge in [0.05, 0.1) is 11.1 Å². The van der Waals surface area contributed by atoms with Gasteiger partial charge in [0, 0.05) is 28.3 Å². The van der Waals surface area contributed by atoms with E-state index in [9.17, 15) is 0 Å². The highest BCUT2D eigenvalue weighted by molar-refractivity contribution is 7.24. The molecule has 60 heavy (non-hydrogen) atoms. The van der Waals surface area contributed by atoms with Crippen molar-refractivity contribution >= 4 is 75.0 Å². The molecule has 0 bridgehead atoms. The second kappa shape index (κ2) is 10.7. The zero-order valence-electron chi connectivity index (χ0n) is 32.9. The molecule has 1 aliphatic carbocycles. The topological polar surface area (TPSA) is 6.48 Å². The van der Waals surface area contributed by atoms with Gasteiger partial charge in [-0.15, -0.1) is 0 Å². The van der Waals surface area contributed by atoms with E-state index in [4.69, 9.17) is 0 Å². The highest BCUT2D eigenvalue weighted by Gasteiger charge is 2.59. The second-order valence-electron chi connectivity index (χ2n) is 17.5. The van der Waals surface area contributed by atoms with Gasteiger partial charge in [-0.3, -0.25) is 0 Å². The van der Waals surface area contributed by atoms with Crippen LogP contribution in [0.4, 0.5) is 28.4 Å². The van der Waals surface area contributed by atoms with Crippen LogP contribution in [0.3, 0.4) is 0 Å². The van der Waals surface area contributed by atoms with Crippen LogP contribution in [0.1, 0.15) is 27.8 Å². The maximum atomic E-state index is 2.79. The summed E-state index contributed by atoms with van der Waals surface area (Å²) in [5.41, 5.74) is 23.8. The van der Waals surface area contributed by atoms with Crippen LogP contribution in [0.5, 0.6) is 0 Å². The highest BCUT2D eigenvalue weighted by Crippen LogP contribution is 2.64. The lowest BCUT2D eigenvalue weighted by atomic mass is 9.42. The van der Waals surface area contributed by atoms with Crippen LogP contribution in [0, 0.1) is 6.92 Å². The third-order valence-corrected chi connectivity index (χ3v) is 20.0. The van der Waals surface area contributed by atoms with Gasteiger partial charge >= 0.3 is 6.85 Å². The number of nitrogens with zero attached hydrogens (tertiary/aromatic N) is 2. The first-order valence-corrected chi connectivity index (χ1v) is 23.3. The van der Waals surface area contributed by atoms with E-state index >= 15 is 0 Å².